The van der Waals surface area contributed by atoms with Crippen LogP contribution in [-0.2, 0) is 11.3 Å². The van der Waals surface area contributed by atoms with Gasteiger partial charge in [0.1, 0.15) is 6.17 Å². The minimum absolute atomic E-state index is 0.0541. The van der Waals surface area contributed by atoms with Crippen LogP contribution in [0.3, 0.4) is 0 Å². The van der Waals surface area contributed by atoms with Crippen LogP contribution in [0.5, 0.6) is 0 Å². The van der Waals surface area contributed by atoms with Crippen LogP contribution in [0.2, 0.25) is 0 Å². The van der Waals surface area contributed by atoms with Gasteiger partial charge in [0.05, 0.1) is 25.8 Å². The predicted molar refractivity (Wildman–Crippen MR) is 68.6 cm³/mol. The van der Waals surface area contributed by atoms with Gasteiger partial charge >= 0.3 is 0 Å². The summed E-state index contributed by atoms with van der Waals surface area (Å²) in [5, 5.41) is 9.21. The van der Waals surface area contributed by atoms with E-state index in [1.54, 1.807) is 25.3 Å². The number of rotatable bonds is 4. The Morgan fingerprint density at radius 3 is 3.05 bits per heavy atom. The van der Waals surface area contributed by atoms with Crippen LogP contribution in [0.1, 0.15) is 22.3 Å². The molecule has 1 saturated heterocycles. The highest BCUT2D eigenvalue weighted by molar-refractivity contribution is 5.94. The van der Waals surface area contributed by atoms with Crippen LogP contribution in [0.4, 0.5) is 4.39 Å². The number of halogens is 1. The third kappa shape index (κ3) is 3.11. The lowest BCUT2D eigenvalue weighted by atomic mass is 10.1. The molecular formula is C14H18FNO3. The molecule has 0 saturated carbocycles. The lowest BCUT2D eigenvalue weighted by Crippen LogP contribution is -2.37. The molecule has 0 aromatic heterocycles. The van der Waals surface area contributed by atoms with Gasteiger partial charge in [-0.25, -0.2) is 4.39 Å². The van der Waals surface area contributed by atoms with E-state index >= 15 is 0 Å². The van der Waals surface area contributed by atoms with Crippen molar-refractivity contribution in [2.24, 2.45) is 0 Å². The minimum Gasteiger partial charge on any atom is -0.394 e. The zero-order valence-electron chi connectivity index (χ0n) is 10.9. The molecule has 2 atom stereocenters. The van der Waals surface area contributed by atoms with Crippen molar-refractivity contribution in [3.8, 4) is 0 Å². The van der Waals surface area contributed by atoms with Gasteiger partial charge in [-0.05, 0) is 17.7 Å². The molecule has 1 aliphatic rings. The summed E-state index contributed by atoms with van der Waals surface area (Å²) in [7, 11) is 1.59. The number of likely N-dealkylation sites (tertiary alicyclic amines) is 1. The topological polar surface area (TPSA) is 49.8 Å². The summed E-state index contributed by atoms with van der Waals surface area (Å²) in [4.78, 5) is 13.7. The number of methoxy groups -OCH3 is 1. The largest absolute Gasteiger partial charge is 0.394 e. The number of aliphatic hydroxyl groups excluding tert-OH is 1. The number of hydrogen-bond acceptors (Lipinski definition) is 3. The fourth-order valence-corrected chi connectivity index (χ4v) is 2.41. The van der Waals surface area contributed by atoms with Crippen LogP contribution in [-0.4, -0.2) is 48.4 Å². The van der Waals surface area contributed by atoms with E-state index in [9.17, 15) is 14.3 Å². The van der Waals surface area contributed by atoms with Crippen LogP contribution in [0, 0.1) is 0 Å². The van der Waals surface area contributed by atoms with E-state index in [2.05, 4.69) is 0 Å². The zero-order chi connectivity index (χ0) is 13.8. The van der Waals surface area contributed by atoms with Crippen molar-refractivity contribution in [1.82, 2.24) is 4.90 Å². The molecule has 5 heteroatoms. The van der Waals surface area contributed by atoms with Crippen molar-refractivity contribution in [3.63, 3.8) is 0 Å². The molecule has 1 heterocycles. The summed E-state index contributed by atoms with van der Waals surface area (Å²) in [6.45, 7) is 0.277. The van der Waals surface area contributed by atoms with E-state index < -0.39 is 12.2 Å². The number of aliphatic hydroxyl groups is 1. The monoisotopic (exact) mass is 267 g/mol. The van der Waals surface area contributed by atoms with Gasteiger partial charge < -0.3 is 14.7 Å². The van der Waals surface area contributed by atoms with E-state index in [0.717, 1.165) is 5.56 Å². The van der Waals surface area contributed by atoms with Gasteiger partial charge in [-0.2, -0.15) is 0 Å². The normalized spacial score (nSPS) is 22.8. The molecule has 1 N–H and O–H groups in total. The maximum atomic E-state index is 13.4. The highest BCUT2D eigenvalue weighted by Crippen LogP contribution is 2.22. The van der Waals surface area contributed by atoms with E-state index in [1.165, 1.54) is 4.90 Å². The Labute approximate surface area is 111 Å². The Morgan fingerprint density at radius 1 is 1.58 bits per heavy atom. The number of amides is 1. The van der Waals surface area contributed by atoms with E-state index in [-0.39, 0.29) is 25.5 Å². The molecule has 0 spiro atoms. The molecule has 1 aromatic carbocycles. The van der Waals surface area contributed by atoms with Gasteiger partial charge in [0.2, 0.25) is 0 Å². The molecular weight excluding hydrogens is 249 g/mol. The third-order valence-electron chi connectivity index (χ3n) is 3.32. The first kappa shape index (κ1) is 14.0. The number of carbonyl (C=O) groups excluding carboxylic acids is 1. The highest BCUT2D eigenvalue weighted by Gasteiger charge is 2.35. The number of alkyl halides is 1. The average molecular weight is 267 g/mol. The maximum absolute atomic E-state index is 13.4. The molecule has 0 unspecified atom stereocenters. The van der Waals surface area contributed by atoms with Crippen molar-refractivity contribution in [2.75, 3.05) is 20.3 Å². The van der Waals surface area contributed by atoms with E-state index in [1.807, 2.05) is 6.07 Å². The van der Waals surface area contributed by atoms with Crippen molar-refractivity contribution in [1.29, 1.82) is 0 Å². The summed E-state index contributed by atoms with van der Waals surface area (Å²) in [5.74, 6) is -0.239. The number of ether oxygens (including phenoxy) is 1. The Hall–Kier alpha value is -1.46. The third-order valence-corrected chi connectivity index (χ3v) is 3.32. The molecule has 0 aliphatic carbocycles. The fraction of sp³-hybridized carbons (Fsp3) is 0.500. The average Bonchev–Trinajstić information content (AvgIpc) is 2.80. The lowest BCUT2D eigenvalue weighted by Gasteiger charge is -2.22. The van der Waals surface area contributed by atoms with Crippen LogP contribution >= 0.6 is 0 Å². The molecule has 4 nitrogen and oxygen atoms in total. The first-order chi connectivity index (χ1) is 9.15. The molecule has 0 radical (unpaired) electrons. The second-order valence-electron chi connectivity index (χ2n) is 4.76. The molecule has 104 valence electrons. The molecule has 2 rings (SSSR count). The van der Waals surface area contributed by atoms with Gasteiger partial charge in [-0.15, -0.1) is 0 Å². The maximum Gasteiger partial charge on any atom is 0.254 e. The Kier molecular flexibility index (Phi) is 4.50. The van der Waals surface area contributed by atoms with Crippen LogP contribution < -0.4 is 0 Å². The summed E-state index contributed by atoms with van der Waals surface area (Å²) >= 11 is 0. The molecule has 1 aliphatic heterocycles. The molecule has 19 heavy (non-hydrogen) atoms. The summed E-state index contributed by atoms with van der Waals surface area (Å²) in [5.41, 5.74) is 1.40. The van der Waals surface area contributed by atoms with Gasteiger partial charge in [0, 0.05) is 19.1 Å². The Bertz CT molecular complexity index is 452. The van der Waals surface area contributed by atoms with Crippen molar-refractivity contribution >= 4 is 5.91 Å². The first-order valence-corrected chi connectivity index (χ1v) is 6.29. The second kappa shape index (κ2) is 6.12. The fourth-order valence-electron chi connectivity index (χ4n) is 2.41. The zero-order valence-corrected chi connectivity index (χ0v) is 10.9. The number of benzene rings is 1. The predicted octanol–water partition coefficient (Wildman–Crippen LogP) is 1.38. The van der Waals surface area contributed by atoms with Crippen LogP contribution in [0.25, 0.3) is 0 Å². The van der Waals surface area contributed by atoms with E-state index in [0.29, 0.717) is 12.2 Å². The summed E-state index contributed by atoms with van der Waals surface area (Å²) < 4.78 is 18.4. The number of hydrogen-bond donors (Lipinski definition) is 1. The minimum atomic E-state index is -1.05. The van der Waals surface area contributed by atoms with Gasteiger partial charge in [0.25, 0.3) is 5.91 Å². The lowest BCUT2D eigenvalue weighted by molar-refractivity contribution is 0.0672. The standard InChI is InChI=1S/C14H18FNO3/c1-19-9-10-3-2-4-11(5-10)14(18)16-7-12(15)6-13(16)8-17/h2-5,12-13,17H,6-9H2,1H3/t12-,13-/m0/s1. The SMILES string of the molecule is COCc1cccc(C(=O)N2C[C@@H](F)C[C@H]2CO)c1. The summed E-state index contributed by atoms with van der Waals surface area (Å²) in [6, 6.07) is 6.66. The molecule has 1 amide bonds. The van der Waals surface area contributed by atoms with Crippen LogP contribution in [0.15, 0.2) is 24.3 Å². The summed E-state index contributed by atoms with van der Waals surface area (Å²) in [6.07, 6.45) is -0.844. The smallest absolute Gasteiger partial charge is 0.254 e. The number of nitrogens with zero attached hydrogens (tertiary/aromatic N) is 1. The molecule has 1 aromatic rings. The highest BCUT2D eigenvalue weighted by atomic mass is 19.1. The Morgan fingerprint density at radius 2 is 2.37 bits per heavy atom. The first-order valence-electron chi connectivity index (χ1n) is 6.29. The van der Waals surface area contributed by atoms with Gasteiger partial charge in [-0.1, -0.05) is 12.1 Å². The van der Waals surface area contributed by atoms with Gasteiger partial charge in [0.15, 0.2) is 0 Å². The molecule has 0 bridgehead atoms. The second-order valence-corrected chi connectivity index (χ2v) is 4.76. The molecule has 1 fully saturated rings. The number of carbonyl (C=O) groups is 1. The van der Waals surface area contributed by atoms with Crippen molar-refractivity contribution in [3.05, 3.63) is 35.4 Å². The van der Waals surface area contributed by atoms with E-state index in [4.69, 9.17) is 4.74 Å². The van der Waals surface area contributed by atoms with Crippen molar-refractivity contribution < 1.29 is 19.0 Å². The van der Waals surface area contributed by atoms with Gasteiger partial charge in [-0.3, -0.25) is 4.79 Å². The quantitative estimate of drug-likeness (QED) is 0.896. The Balaban J connectivity index is 2.16. The van der Waals surface area contributed by atoms with Crippen molar-refractivity contribution in [2.45, 2.75) is 25.2 Å².